The molecule has 0 saturated carbocycles. The highest BCUT2D eigenvalue weighted by Crippen LogP contribution is 2.18. The molecule has 0 aromatic carbocycles. The molecule has 0 radical (unpaired) electrons. The zero-order valence-corrected chi connectivity index (χ0v) is 11.1. The Morgan fingerprint density at radius 1 is 1.22 bits per heavy atom. The average Bonchev–Trinajstić information content (AvgIpc) is 2.86. The molecule has 0 spiro atoms. The van der Waals surface area contributed by atoms with Gasteiger partial charge in [-0.2, -0.15) is 0 Å². The van der Waals surface area contributed by atoms with Gasteiger partial charge in [-0.05, 0) is 6.54 Å². The lowest BCUT2D eigenvalue weighted by Crippen LogP contribution is -2.62. The third-order valence-corrected chi connectivity index (χ3v) is 4.15. The van der Waals surface area contributed by atoms with Crippen molar-refractivity contribution in [2.45, 2.75) is 19.5 Å². The van der Waals surface area contributed by atoms with Gasteiger partial charge in [-0.3, -0.25) is 9.80 Å². The average molecular weight is 250 g/mol. The zero-order valence-electron chi connectivity index (χ0n) is 11.1. The molecule has 3 rings (SSSR count). The van der Waals surface area contributed by atoms with Gasteiger partial charge >= 0.3 is 0 Å². The molecule has 5 nitrogen and oxygen atoms in total. The van der Waals surface area contributed by atoms with E-state index in [1.54, 1.807) is 12.5 Å². The Morgan fingerprint density at radius 3 is 2.61 bits per heavy atom. The van der Waals surface area contributed by atoms with Crippen LogP contribution in [0.4, 0.5) is 0 Å². The summed E-state index contributed by atoms with van der Waals surface area (Å²) in [5, 5.41) is 0. The van der Waals surface area contributed by atoms with E-state index in [1.807, 2.05) is 0 Å². The van der Waals surface area contributed by atoms with Crippen molar-refractivity contribution in [3.63, 3.8) is 0 Å². The minimum Gasteiger partial charge on any atom is -0.448 e. The summed E-state index contributed by atoms with van der Waals surface area (Å²) >= 11 is 0. The molecule has 3 heterocycles. The van der Waals surface area contributed by atoms with Crippen molar-refractivity contribution in [3.8, 4) is 0 Å². The van der Waals surface area contributed by atoms with E-state index in [0.717, 1.165) is 31.6 Å². The van der Waals surface area contributed by atoms with E-state index in [2.05, 4.69) is 26.6 Å². The molecule has 0 aliphatic carbocycles. The summed E-state index contributed by atoms with van der Waals surface area (Å²) in [6, 6.07) is 0.749. The largest absolute Gasteiger partial charge is 0.448 e. The molecule has 1 aromatic heterocycles. The maximum Gasteiger partial charge on any atom is 0.208 e. The van der Waals surface area contributed by atoms with Crippen LogP contribution in [0.1, 0.15) is 12.8 Å². The van der Waals surface area contributed by atoms with Crippen LogP contribution < -0.4 is 0 Å². The third kappa shape index (κ3) is 2.58. The van der Waals surface area contributed by atoms with Crippen molar-refractivity contribution in [1.82, 2.24) is 19.7 Å². The van der Waals surface area contributed by atoms with E-state index >= 15 is 0 Å². The van der Waals surface area contributed by atoms with Crippen LogP contribution in [-0.4, -0.2) is 71.5 Å². The van der Waals surface area contributed by atoms with Crippen LogP contribution in [0.25, 0.3) is 0 Å². The molecule has 0 atom stereocenters. The number of piperazine rings is 1. The topological polar surface area (TPSA) is 35.8 Å². The van der Waals surface area contributed by atoms with Gasteiger partial charge < -0.3 is 9.32 Å². The van der Waals surface area contributed by atoms with Crippen LogP contribution in [0.15, 0.2) is 16.9 Å². The van der Waals surface area contributed by atoms with Gasteiger partial charge in [0, 0.05) is 45.3 Å². The smallest absolute Gasteiger partial charge is 0.208 e. The van der Waals surface area contributed by atoms with Crippen LogP contribution >= 0.6 is 0 Å². The van der Waals surface area contributed by atoms with Crippen LogP contribution in [-0.2, 0) is 6.54 Å². The second-order valence-electron chi connectivity index (χ2n) is 5.24. The van der Waals surface area contributed by atoms with Gasteiger partial charge in [-0.25, -0.2) is 4.98 Å². The Bertz CT molecular complexity index is 353. The fourth-order valence-corrected chi connectivity index (χ4v) is 2.87. The van der Waals surface area contributed by atoms with Crippen molar-refractivity contribution < 1.29 is 4.42 Å². The summed E-state index contributed by atoms with van der Waals surface area (Å²) in [4.78, 5) is 11.7. The third-order valence-electron chi connectivity index (χ3n) is 4.15. The number of aromatic nitrogens is 1. The molecule has 2 aliphatic heterocycles. The minimum atomic E-state index is 0.749. The molecule has 0 N–H and O–H groups in total. The number of hydrogen-bond donors (Lipinski definition) is 0. The fourth-order valence-electron chi connectivity index (χ4n) is 2.87. The van der Waals surface area contributed by atoms with E-state index < -0.39 is 0 Å². The highest BCUT2D eigenvalue weighted by Gasteiger charge is 2.33. The molecule has 0 unspecified atom stereocenters. The van der Waals surface area contributed by atoms with Crippen molar-refractivity contribution in [2.75, 3.05) is 45.8 Å². The molecular formula is C13H22N4O. The van der Waals surface area contributed by atoms with E-state index in [4.69, 9.17) is 4.42 Å². The summed E-state index contributed by atoms with van der Waals surface area (Å²) in [5.74, 6) is 0.837. The quantitative estimate of drug-likeness (QED) is 0.777. The maximum absolute atomic E-state index is 5.28. The second kappa shape index (κ2) is 5.38. The fraction of sp³-hybridized carbons (Fsp3) is 0.769. The molecule has 100 valence electrons. The second-order valence-corrected chi connectivity index (χ2v) is 5.24. The Kier molecular flexibility index (Phi) is 3.63. The highest BCUT2D eigenvalue weighted by molar-refractivity contribution is 4.92. The molecular weight excluding hydrogens is 228 g/mol. The maximum atomic E-state index is 5.28. The number of likely N-dealkylation sites (N-methyl/N-ethyl adjacent to an activating group) is 1. The van der Waals surface area contributed by atoms with E-state index in [9.17, 15) is 0 Å². The van der Waals surface area contributed by atoms with Crippen LogP contribution in [0.3, 0.4) is 0 Å². The molecule has 0 bridgehead atoms. The first kappa shape index (κ1) is 12.1. The molecule has 5 heteroatoms. The predicted molar refractivity (Wildman–Crippen MR) is 69.3 cm³/mol. The Hall–Kier alpha value is -0.910. The van der Waals surface area contributed by atoms with Crippen molar-refractivity contribution >= 4 is 0 Å². The molecule has 18 heavy (non-hydrogen) atoms. The molecule has 2 aliphatic rings. The lowest BCUT2D eigenvalue weighted by molar-refractivity contribution is -0.00140. The van der Waals surface area contributed by atoms with E-state index in [1.165, 1.54) is 32.7 Å². The number of hydrogen-bond acceptors (Lipinski definition) is 5. The van der Waals surface area contributed by atoms with Gasteiger partial charge in [0.15, 0.2) is 0 Å². The summed E-state index contributed by atoms with van der Waals surface area (Å²) in [6.45, 7) is 11.5. The normalized spacial score (nSPS) is 24.3. The number of rotatable bonds is 4. The standard InChI is InChI=1S/C13H22N4O/c1-2-15-4-6-17(7-5-15)12-9-16(10-12)11-13-14-3-8-18-13/h3,8,12H,2,4-7,9-11H2,1H3. The van der Waals surface area contributed by atoms with E-state index in [0.29, 0.717) is 0 Å². The Labute approximate surface area is 108 Å². The zero-order chi connectivity index (χ0) is 12.4. The van der Waals surface area contributed by atoms with Gasteiger partial charge in [-0.15, -0.1) is 0 Å². The van der Waals surface area contributed by atoms with Crippen LogP contribution in [0.2, 0.25) is 0 Å². The summed E-state index contributed by atoms with van der Waals surface area (Å²) in [6.07, 6.45) is 3.37. The summed E-state index contributed by atoms with van der Waals surface area (Å²) < 4.78 is 5.28. The van der Waals surface area contributed by atoms with Gasteiger partial charge in [0.25, 0.3) is 0 Å². The lowest BCUT2D eigenvalue weighted by Gasteiger charge is -2.47. The summed E-state index contributed by atoms with van der Waals surface area (Å²) in [5.41, 5.74) is 0. The molecule has 1 aromatic rings. The molecule has 0 amide bonds. The van der Waals surface area contributed by atoms with E-state index in [-0.39, 0.29) is 0 Å². The van der Waals surface area contributed by atoms with Crippen molar-refractivity contribution in [3.05, 3.63) is 18.4 Å². The summed E-state index contributed by atoms with van der Waals surface area (Å²) in [7, 11) is 0. The van der Waals surface area contributed by atoms with Crippen LogP contribution in [0, 0.1) is 0 Å². The van der Waals surface area contributed by atoms with Crippen LogP contribution in [0.5, 0.6) is 0 Å². The van der Waals surface area contributed by atoms with Gasteiger partial charge in [-0.1, -0.05) is 6.92 Å². The first-order chi connectivity index (χ1) is 8.85. The SMILES string of the molecule is CCN1CCN(C2CN(Cc3ncco3)C2)CC1. The number of likely N-dealkylation sites (tertiary alicyclic amines) is 1. The molecule has 2 saturated heterocycles. The first-order valence-electron chi connectivity index (χ1n) is 6.92. The predicted octanol–water partition coefficient (Wildman–Crippen LogP) is 0.496. The lowest BCUT2D eigenvalue weighted by atomic mass is 10.1. The molecule has 2 fully saturated rings. The number of oxazole rings is 1. The van der Waals surface area contributed by atoms with Crippen molar-refractivity contribution in [1.29, 1.82) is 0 Å². The highest BCUT2D eigenvalue weighted by atomic mass is 16.3. The first-order valence-corrected chi connectivity index (χ1v) is 6.92. The van der Waals surface area contributed by atoms with Gasteiger partial charge in [0.2, 0.25) is 5.89 Å². The number of nitrogens with zero attached hydrogens (tertiary/aromatic N) is 4. The van der Waals surface area contributed by atoms with Gasteiger partial charge in [0.1, 0.15) is 6.26 Å². The Balaban J connectivity index is 1.40. The van der Waals surface area contributed by atoms with Crippen molar-refractivity contribution in [2.24, 2.45) is 0 Å². The Morgan fingerprint density at radius 2 is 2.00 bits per heavy atom. The monoisotopic (exact) mass is 250 g/mol. The minimum absolute atomic E-state index is 0.749. The van der Waals surface area contributed by atoms with Gasteiger partial charge in [0.05, 0.1) is 12.7 Å².